The SMILES string of the molecule is CCN(CC)S(=O)(=O)c1ccc(C(=O)Nc2cc(C)nc3ccc(C)cc23)cc1. The van der Waals surface area contributed by atoms with Gasteiger partial charge in [0.1, 0.15) is 0 Å². The maximum atomic E-state index is 12.8. The van der Waals surface area contributed by atoms with Crippen molar-refractivity contribution in [3.8, 4) is 0 Å². The fourth-order valence-electron chi connectivity index (χ4n) is 3.26. The number of aryl methyl sites for hydroxylation is 2. The topological polar surface area (TPSA) is 79.4 Å². The van der Waals surface area contributed by atoms with Crippen LogP contribution in [0.5, 0.6) is 0 Å². The van der Waals surface area contributed by atoms with Gasteiger partial charge < -0.3 is 5.32 Å². The van der Waals surface area contributed by atoms with Gasteiger partial charge in [-0.25, -0.2) is 8.42 Å². The molecule has 1 heterocycles. The molecule has 0 aliphatic heterocycles. The molecular formula is C22H25N3O3S. The number of hydrogen-bond acceptors (Lipinski definition) is 4. The molecule has 0 bridgehead atoms. The second-order valence-electron chi connectivity index (χ2n) is 6.90. The third-order valence-electron chi connectivity index (χ3n) is 4.80. The van der Waals surface area contributed by atoms with Crippen molar-refractivity contribution in [2.45, 2.75) is 32.6 Å². The van der Waals surface area contributed by atoms with Crippen LogP contribution in [0, 0.1) is 13.8 Å². The van der Waals surface area contributed by atoms with Crippen molar-refractivity contribution in [2.24, 2.45) is 0 Å². The number of nitrogens with zero attached hydrogens (tertiary/aromatic N) is 2. The van der Waals surface area contributed by atoms with Crippen LogP contribution in [0.25, 0.3) is 10.9 Å². The number of benzene rings is 2. The summed E-state index contributed by atoms with van der Waals surface area (Å²) >= 11 is 0. The van der Waals surface area contributed by atoms with Crippen molar-refractivity contribution in [3.63, 3.8) is 0 Å². The second-order valence-corrected chi connectivity index (χ2v) is 8.84. The van der Waals surface area contributed by atoms with Gasteiger partial charge in [0, 0.05) is 29.7 Å². The van der Waals surface area contributed by atoms with E-state index < -0.39 is 10.0 Å². The first-order chi connectivity index (χ1) is 13.8. The number of amides is 1. The molecule has 0 fully saturated rings. The highest BCUT2D eigenvalue weighted by molar-refractivity contribution is 7.89. The number of rotatable bonds is 6. The summed E-state index contributed by atoms with van der Waals surface area (Å²) in [4.78, 5) is 17.5. The Morgan fingerprint density at radius 3 is 2.28 bits per heavy atom. The lowest BCUT2D eigenvalue weighted by Crippen LogP contribution is -2.30. The first-order valence-electron chi connectivity index (χ1n) is 9.55. The van der Waals surface area contributed by atoms with Gasteiger partial charge >= 0.3 is 0 Å². The van der Waals surface area contributed by atoms with E-state index in [-0.39, 0.29) is 10.8 Å². The first-order valence-corrected chi connectivity index (χ1v) is 11.0. The summed E-state index contributed by atoms with van der Waals surface area (Å²) < 4.78 is 26.6. The second kappa shape index (κ2) is 8.31. The third-order valence-corrected chi connectivity index (χ3v) is 6.86. The van der Waals surface area contributed by atoms with Crippen molar-refractivity contribution < 1.29 is 13.2 Å². The molecule has 1 N–H and O–H groups in total. The number of fused-ring (bicyclic) bond motifs is 1. The van der Waals surface area contributed by atoms with E-state index in [9.17, 15) is 13.2 Å². The van der Waals surface area contributed by atoms with Gasteiger partial charge in [-0.15, -0.1) is 0 Å². The number of sulfonamides is 1. The highest BCUT2D eigenvalue weighted by Crippen LogP contribution is 2.25. The van der Waals surface area contributed by atoms with Crippen LogP contribution in [0.3, 0.4) is 0 Å². The zero-order chi connectivity index (χ0) is 21.2. The largest absolute Gasteiger partial charge is 0.321 e. The predicted molar refractivity (Wildman–Crippen MR) is 116 cm³/mol. The number of carbonyl (C=O) groups excluding carboxylic acids is 1. The number of anilines is 1. The minimum atomic E-state index is -3.55. The summed E-state index contributed by atoms with van der Waals surface area (Å²) in [5, 5.41) is 3.80. The molecule has 3 rings (SSSR count). The van der Waals surface area contributed by atoms with Gasteiger partial charge in [0.15, 0.2) is 0 Å². The van der Waals surface area contributed by atoms with Gasteiger partial charge in [0.05, 0.1) is 16.1 Å². The van der Waals surface area contributed by atoms with E-state index >= 15 is 0 Å². The van der Waals surface area contributed by atoms with Crippen molar-refractivity contribution in [3.05, 3.63) is 65.4 Å². The number of aromatic nitrogens is 1. The number of hydrogen-bond donors (Lipinski definition) is 1. The lowest BCUT2D eigenvalue weighted by atomic mass is 10.1. The quantitative estimate of drug-likeness (QED) is 0.661. The lowest BCUT2D eigenvalue weighted by molar-refractivity contribution is 0.102. The summed E-state index contributed by atoms with van der Waals surface area (Å²) in [6, 6.07) is 13.7. The Labute approximate surface area is 171 Å². The van der Waals surface area contributed by atoms with Crippen molar-refractivity contribution >= 4 is 32.5 Å². The average molecular weight is 412 g/mol. The smallest absolute Gasteiger partial charge is 0.255 e. The van der Waals surface area contributed by atoms with Crippen LogP contribution >= 0.6 is 0 Å². The van der Waals surface area contributed by atoms with Crippen molar-refractivity contribution in [1.82, 2.24) is 9.29 Å². The summed E-state index contributed by atoms with van der Waals surface area (Å²) in [6.45, 7) is 8.25. The number of carbonyl (C=O) groups is 1. The minimum Gasteiger partial charge on any atom is -0.321 e. The molecule has 0 saturated carbocycles. The van der Waals surface area contributed by atoms with E-state index in [2.05, 4.69) is 10.3 Å². The minimum absolute atomic E-state index is 0.179. The van der Waals surface area contributed by atoms with Gasteiger partial charge in [0.2, 0.25) is 10.0 Å². The van der Waals surface area contributed by atoms with Crippen LogP contribution in [0.15, 0.2) is 53.4 Å². The molecule has 7 heteroatoms. The van der Waals surface area contributed by atoms with Gasteiger partial charge in [-0.3, -0.25) is 9.78 Å². The van der Waals surface area contributed by atoms with Crippen LogP contribution in [0.2, 0.25) is 0 Å². The molecule has 0 unspecified atom stereocenters. The Kier molecular flexibility index (Phi) is 6.00. The van der Waals surface area contributed by atoms with Gasteiger partial charge in [-0.2, -0.15) is 4.31 Å². The van der Waals surface area contributed by atoms with E-state index in [1.807, 2.05) is 38.1 Å². The van der Waals surface area contributed by atoms with E-state index in [0.717, 1.165) is 22.2 Å². The van der Waals surface area contributed by atoms with E-state index in [4.69, 9.17) is 0 Å². The average Bonchev–Trinajstić information content (AvgIpc) is 2.69. The fourth-order valence-corrected chi connectivity index (χ4v) is 4.72. The maximum absolute atomic E-state index is 12.8. The molecule has 0 atom stereocenters. The molecule has 6 nitrogen and oxygen atoms in total. The normalized spacial score (nSPS) is 11.8. The molecule has 2 aromatic carbocycles. The van der Waals surface area contributed by atoms with Crippen molar-refractivity contribution in [1.29, 1.82) is 0 Å². The zero-order valence-corrected chi connectivity index (χ0v) is 17.9. The molecule has 0 aliphatic carbocycles. The van der Waals surface area contributed by atoms with Crippen LogP contribution in [-0.4, -0.2) is 36.7 Å². The maximum Gasteiger partial charge on any atom is 0.255 e. The Hall–Kier alpha value is -2.77. The summed E-state index contributed by atoms with van der Waals surface area (Å²) in [5.41, 5.74) is 3.76. The Balaban J connectivity index is 1.89. The molecule has 3 aromatic rings. The van der Waals surface area contributed by atoms with Crippen LogP contribution in [0.1, 0.15) is 35.5 Å². The van der Waals surface area contributed by atoms with E-state index in [0.29, 0.717) is 24.3 Å². The van der Waals surface area contributed by atoms with Crippen LogP contribution in [-0.2, 0) is 10.0 Å². The monoisotopic (exact) mass is 411 g/mol. The summed E-state index contributed by atoms with van der Waals surface area (Å²) in [7, 11) is -3.55. The summed E-state index contributed by atoms with van der Waals surface area (Å²) in [5.74, 6) is -0.301. The highest BCUT2D eigenvalue weighted by atomic mass is 32.2. The van der Waals surface area contributed by atoms with E-state index in [1.165, 1.54) is 28.6 Å². The van der Waals surface area contributed by atoms with Crippen LogP contribution in [0.4, 0.5) is 5.69 Å². The zero-order valence-electron chi connectivity index (χ0n) is 17.1. The van der Waals surface area contributed by atoms with Gasteiger partial charge in [-0.05, 0) is 56.3 Å². The van der Waals surface area contributed by atoms with E-state index in [1.54, 1.807) is 13.8 Å². The third kappa shape index (κ3) is 4.31. The molecule has 0 radical (unpaired) electrons. The molecular weight excluding hydrogens is 386 g/mol. The fraction of sp³-hybridized carbons (Fsp3) is 0.273. The molecule has 152 valence electrons. The molecule has 1 amide bonds. The molecule has 29 heavy (non-hydrogen) atoms. The van der Waals surface area contributed by atoms with Crippen LogP contribution < -0.4 is 5.32 Å². The Morgan fingerprint density at radius 1 is 1.00 bits per heavy atom. The lowest BCUT2D eigenvalue weighted by Gasteiger charge is -2.18. The van der Waals surface area contributed by atoms with Gasteiger partial charge in [-0.1, -0.05) is 25.5 Å². The highest BCUT2D eigenvalue weighted by Gasteiger charge is 2.21. The molecule has 0 spiro atoms. The van der Waals surface area contributed by atoms with Gasteiger partial charge in [0.25, 0.3) is 5.91 Å². The Bertz CT molecular complexity index is 1150. The predicted octanol–water partition coefficient (Wildman–Crippen LogP) is 4.13. The number of pyridine rings is 1. The van der Waals surface area contributed by atoms with Crippen molar-refractivity contribution in [2.75, 3.05) is 18.4 Å². The number of nitrogens with one attached hydrogen (secondary N) is 1. The molecule has 1 aromatic heterocycles. The molecule has 0 aliphatic rings. The molecule has 0 saturated heterocycles. The standard InChI is InChI=1S/C22H25N3O3S/c1-5-25(6-2)29(27,28)18-10-8-17(9-11-18)22(26)24-21-14-16(4)23-20-12-7-15(3)13-19(20)21/h7-14H,5-6H2,1-4H3,(H,23,24,26). The first kappa shape index (κ1) is 21.0. The Morgan fingerprint density at radius 2 is 1.66 bits per heavy atom. The summed E-state index contributed by atoms with van der Waals surface area (Å²) in [6.07, 6.45) is 0.